The van der Waals surface area contributed by atoms with Gasteiger partial charge < -0.3 is 14.6 Å². The van der Waals surface area contributed by atoms with Gasteiger partial charge in [-0.25, -0.2) is 0 Å². The predicted octanol–water partition coefficient (Wildman–Crippen LogP) is 5.35. The number of ether oxygens (including phenoxy) is 2. The van der Waals surface area contributed by atoms with Crippen LogP contribution in [0.15, 0.2) is 40.9 Å². The van der Waals surface area contributed by atoms with Crippen molar-refractivity contribution in [3.63, 3.8) is 0 Å². The second-order valence-electron chi connectivity index (χ2n) is 6.88. The van der Waals surface area contributed by atoms with Gasteiger partial charge in [-0.1, -0.05) is 39.7 Å². The molecule has 0 unspecified atom stereocenters. The van der Waals surface area contributed by atoms with Gasteiger partial charge in [0.15, 0.2) is 5.82 Å². The molecular weight excluding hydrogens is 519 g/mol. The molecule has 0 radical (unpaired) electrons. The normalized spacial score (nSPS) is 17.9. The molecule has 1 aliphatic heterocycles. The average Bonchev–Trinajstić information content (AvgIpc) is 3.12. The van der Waals surface area contributed by atoms with E-state index in [4.69, 9.17) is 21.1 Å². The van der Waals surface area contributed by atoms with Crippen molar-refractivity contribution < 1.29 is 32.5 Å². The van der Waals surface area contributed by atoms with Crippen LogP contribution >= 0.6 is 27.5 Å². The summed E-state index contributed by atoms with van der Waals surface area (Å²) in [5.41, 5.74) is 0.805. The summed E-state index contributed by atoms with van der Waals surface area (Å²) in [5.74, 6) is -2.50. The van der Waals surface area contributed by atoms with Gasteiger partial charge in [-0.15, -0.1) is 10.2 Å². The van der Waals surface area contributed by atoms with Crippen molar-refractivity contribution in [3.8, 4) is 11.4 Å². The molecule has 0 bridgehead atoms. The van der Waals surface area contributed by atoms with Gasteiger partial charge in [0.25, 0.3) is 0 Å². The van der Waals surface area contributed by atoms with Crippen molar-refractivity contribution in [2.24, 2.45) is 0 Å². The van der Waals surface area contributed by atoms with Gasteiger partial charge in [-0.2, -0.15) is 13.2 Å². The largest absolute Gasteiger partial charge is 0.495 e. The summed E-state index contributed by atoms with van der Waals surface area (Å²) < 4.78 is 54.0. The number of rotatable bonds is 4. The summed E-state index contributed by atoms with van der Waals surface area (Å²) >= 11 is 9.83. The van der Waals surface area contributed by atoms with Gasteiger partial charge in [-0.3, -0.25) is 9.36 Å². The van der Waals surface area contributed by atoms with Crippen molar-refractivity contribution in [2.45, 2.75) is 24.8 Å². The Kier molecular flexibility index (Phi) is 5.91. The van der Waals surface area contributed by atoms with E-state index >= 15 is 0 Å². The van der Waals surface area contributed by atoms with Crippen LogP contribution in [0.25, 0.3) is 5.69 Å². The molecule has 0 fully saturated rings. The highest BCUT2D eigenvalue weighted by atomic mass is 79.9. The highest BCUT2D eigenvalue weighted by molar-refractivity contribution is 9.10. The second kappa shape index (κ2) is 8.38. The Balaban J connectivity index is 2.03. The van der Waals surface area contributed by atoms with E-state index in [1.54, 1.807) is 30.3 Å². The molecule has 168 valence electrons. The molecule has 1 aliphatic rings. The average molecular weight is 533 g/mol. The highest BCUT2D eigenvalue weighted by Gasteiger charge is 2.43. The van der Waals surface area contributed by atoms with Gasteiger partial charge in [0.05, 0.1) is 24.2 Å². The van der Waals surface area contributed by atoms with Crippen LogP contribution in [0.1, 0.15) is 41.4 Å². The molecule has 0 amide bonds. The monoisotopic (exact) mass is 531 g/mol. The maximum atomic E-state index is 13.8. The zero-order valence-electron chi connectivity index (χ0n) is 16.2. The van der Waals surface area contributed by atoms with E-state index < -0.39 is 36.6 Å². The first-order valence-corrected chi connectivity index (χ1v) is 10.3. The molecule has 1 aromatic heterocycles. The molecule has 32 heavy (non-hydrogen) atoms. The van der Waals surface area contributed by atoms with E-state index in [-0.39, 0.29) is 16.5 Å². The third-order valence-corrected chi connectivity index (χ3v) is 5.80. The molecule has 3 aromatic rings. The quantitative estimate of drug-likeness (QED) is 0.488. The number of alkyl halides is 3. The second-order valence-corrected chi connectivity index (χ2v) is 8.18. The topological polar surface area (TPSA) is 86.5 Å². The smallest absolute Gasteiger partial charge is 0.452 e. The molecule has 12 heteroatoms. The summed E-state index contributed by atoms with van der Waals surface area (Å²) in [7, 11) is 1.42. The Labute approximate surface area is 192 Å². The lowest BCUT2D eigenvalue weighted by Gasteiger charge is -2.23. The number of halogens is 5. The van der Waals surface area contributed by atoms with Crippen LogP contribution in [0.4, 0.5) is 13.2 Å². The van der Waals surface area contributed by atoms with Crippen molar-refractivity contribution in [2.75, 3.05) is 7.11 Å². The maximum absolute atomic E-state index is 13.8. The summed E-state index contributed by atoms with van der Waals surface area (Å²) in [6, 6.07) is 9.51. The fourth-order valence-electron chi connectivity index (χ4n) is 3.59. The Morgan fingerprint density at radius 3 is 2.69 bits per heavy atom. The first-order chi connectivity index (χ1) is 15.1. The summed E-state index contributed by atoms with van der Waals surface area (Å²) in [5, 5.41) is 16.5. The minimum absolute atomic E-state index is 0.0947. The zero-order valence-corrected chi connectivity index (χ0v) is 18.6. The Morgan fingerprint density at radius 2 is 2.03 bits per heavy atom. The SMILES string of the molecule is COc1cccc([C@@H]2O[C@@H](CC(=O)O)c3nnc(C(F)(F)F)n3-c3ccc(Br)cc32)c1Cl. The van der Waals surface area contributed by atoms with Crippen molar-refractivity contribution >= 4 is 33.5 Å². The molecule has 2 heterocycles. The number of aromatic nitrogens is 3. The summed E-state index contributed by atoms with van der Waals surface area (Å²) in [6.45, 7) is 0. The van der Waals surface area contributed by atoms with Crippen LogP contribution in [-0.2, 0) is 15.7 Å². The van der Waals surface area contributed by atoms with E-state index in [1.807, 2.05) is 0 Å². The van der Waals surface area contributed by atoms with Gasteiger partial charge >= 0.3 is 12.1 Å². The standard InChI is InChI=1S/C20H14BrClF3N3O4/c1-31-13-4-2-3-10(16(13)22)17-11-7-9(21)5-6-12(11)28-18(14(32-17)8-15(29)30)26-27-19(28)20(23,24)25/h2-7,14,17H,8H2,1H3,(H,29,30)/t14-,17-/m0/s1. The number of nitrogens with zero attached hydrogens (tertiary/aromatic N) is 3. The van der Waals surface area contributed by atoms with Crippen LogP contribution < -0.4 is 4.74 Å². The molecule has 0 saturated heterocycles. The molecule has 0 aliphatic carbocycles. The van der Waals surface area contributed by atoms with Crippen LogP contribution in [0.5, 0.6) is 5.75 Å². The number of carboxylic acids is 1. The summed E-state index contributed by atoms with van der Waals surface area (Å²) in [4.78, 5) is 11.5. The van der Waals surface area contributed by atoms with E-state index in [9.17, 15) is 23.1 Å². The third-order valence-electron chi connectivity index (χ3n) is 4.90. The van der Waals surface area contributed by atoms with Gasteiger partial charge in [0, 0.05) is 15.6 Å². The number of fused-ring (bicyclic) bond motifs is 3. The lowest BCUT2D eigenvalue weighted by Crippen LogP contribution is -2.17. The number of aliphatic carboxylic acids is 1. The molecule has 0 spiro atoms. The van der Waals surface area contributed by atoms with Gasteiger partial charge in [0.2, 0.25) is 5.82 Å². The van der Waals surface area contributed by atoms with Crippen LogP contribution in [-0.4, -0.2) is 33.0 Å². The molecule has 0 saturated carbocycles. The molecule has 1 N–H and O–H groups in total. The number of methoxy groups -OCH3 is 1. The van der Waals surface area contributed by atoms with E-state index in [1.165, 1.54) is 13.2 Å². The number of hydrogen-bond acceptors (Lipinski definition) is 5. The fraction of sp³-hybridized carbons (Fsp3) is 0.250. The molecule has 7 nitrogen and oxygen atoms in total. The van der Waals surface area contributed by atoms with Gasteiger partial charge in [0.1, 0.15) is 18.0 Å². The lowest BCUT2D eigenvalue weighted by molar-refractivity contribution is -0.146. The van der Waals surface area contributed by atoms with Crippen molar-refractivity contribution in [1.82, 2.24) is 14.8 Å². The van der Waals surface area contributed by atoms with E-state index in [0.717, 1.165) is 4.57 Å². The number of hydrogen-bond donors (Lipinski definition) is 1. The lowest BCUT2D eigenvalue weighted by atomic mass is 9.99. The fourth-order valence-corrected chi connectivity index (χ4v) is 4.27. The van der Waals surface area contributed by atoms with E-state index in [0.29, 0.717) is 21.3 Å². The Morgan fingerprint density at radius 1 is 1.28 bits per heavy atom. The molecular formula is C20H14BrClF3N3O4. The van der Waals surface area contributed by atoms with E-state index in [2.05, 4.69) is 26.1 Å². The zero-order chi connectivity index (χ0) is 23.2. The number of carbonyl (C=O) groups is 1. The predicted molar refractivity (Wildman–Crippen MR) is 110 cm³/mol. The highest BCUT2D eigenvalue weighted by Crippen LogP contribution is 2.46. The number of carboxylic acid groups (broad SMARTS) is 1. The van der Waals surface area contributed by atoms with Crippen molar-refractivity contribution in [1.29, 1.82) is 0 Å². The Hall–Kier alpha value is -2.63. The van der Waals surface area contributed by atoms with Crippen molar-refractivity contribution in [3.05, 3.63) is 68.7 Å². The first kappa shape index (κ1) is 22.6. The van der Waals surface area contributed by atoms with Crippen LogP contribution in [0, 0.1) is 0 Å². The van der Waals surface area contributed by atoms with Crippen LogP contribution in [0.2, 0.25) is 5.02 Å². The first-order valence-electron chi connectivity index (χ1n) is 9.13. The minimum atomic E-state index is -4.84. The number of benzene rings is 2. The third kappa shape index (κ3) is 3.96. The van der Waals surface area contributed by atoms with Gasteiger partial charge in [-0.05, 0) is 24.3 Å². The summed E-state index contributed by atoms with van der Waals surface area (Å²) in [6.07, 6.45) is -7.83. The molecule has 2 atom stereocenters. The maximum Gasteiger partial charge on any atom is 0.452 e. The molecule has 4 rings (SSSR count). The Bertz CT molecular complexity index is 1200. The van der Waals surface area contributed by atoms with Crippen LogP contribution in [0.3, 0.4) is 0 Å². The molecule has 2 aromatic carbocycles. The minimum Gasteiger partial charge on any atom is -0.495 e.